The van der Waals surface area contributed by atoms with Crippen LogP contribution in [0.4, 0.5) is 5.69 Å². The third kappa shape index (κ3) is 4.47. The fourth-order valence-corrected chi connectivity index (χ4v) is 2.77. The van der Waals surface area contributed by atoms with Gasteiger partial charge in [0.2, 0.25) is 0 Å². The normalized spacial score (nSPS) is 13.8. The average molecular weight is 397 g/mol. The lowest BCUT2D eigenvalue weighted by Crippen LogP contribution is -2.24. The van der Waals surface area contributed by atoms with Gasteiger partial charge in [0.15, 0.2) is 0 Å². The second-order valence-electron chi connectivity index (χ2n) is 5.87. The lowest BCUT2D eigenvalue weighted by molar-refractivity contribution is -0.137. The number of esters is 1. The van der Waals surface area contributed by atoms with E-state index in [0.29, 0.717) is 22.9 Å². The molecule has 0 saturated heterocycles. The van der Waals surface area contributed by atoms with Gasteiger partial charge in [-0.2, -0.15) is 0 Å². The number of imide groups is 1. The molecule has 7 heteroatoms. The van der Waals surface area contributed by atoms with Gasteiger partial charge in [-0.3, -0.25) is 14.9 Å². The van der Waals surface area contributed by atoms with Crippen LogP contribution in [0.15, 0.2) is 60.3 Å². The van der Waals surface area contributed by atoms with Gasteiger partial charge in [0.05, 0.1) is 12.2 Å². The largest absolute Gasteiger partial charge is 0.463 e. The van der Waals surface area contributed by atoms with Gasteiger partial charge in [0, 0.05) is 16.8 Å². The highest BCUT2D eigenvalue weighted by molar-refractivity contribution is 6.37. The van der Waals surface area contributed by atoms with E-state index in [1.54, 1.807) is 61.5 Å². The highest BCUT2D eigenvalue weighted by Gasteiger charge is 2.31. The molecular weight excluding hydrogens is 380 g/mol. The first kappa shape index (κ1) is 19.4. The fourth-order valence-electron chi connectivity index (χ4n) is 2.64. The summed E-state index contributed by atoms with van der Waals surface area (Å²) in [4.78, 5) is 35.8. The summed E-state index contributed by atoms with van der Waals surface area (Å²) in [7, 11) is 0. The van der Waals surface area contributed by atoms with Crippen molar-refractivity contribution in [3.05, 3.63) is 76.5 Å². The van der Waals surface area contributed by atoms with Crippen LogP contribution in [0.1, 0.15) is 18.1 Å². The molecule has 0 aliphatic carbocycles. The Morgan fingerprint density at radius 3 is 2.39 bits per heavy atom. The summed E-state index contributed by atoms with van der Waals surface area (Å²) in [6.45, 7) is 2.06. The molecular formula is C21H17ClN2O4. The van der Waals surface area contributed by atoms with E-state index in [2.05, 4.69) is 10.6 Å². The van der Waals surface area contributed by atoms with Crippen LogP contribution in [0.3, 0.4) is 0 Å². The van der Waals surface area contributed by atoms with Crippen LogP contribution in [-0.4, -0.2) is 24.4 Å². The van der Waals surface area contributed by atoms with Crippen LogP contribution in [0.2, 0.25) is 5.02 Å². The predicted octanol–water partition coefficient (Wildman–Crippen LogP) is 3.40. The molecule has 0 saturated carbocycles. The zero-order valence-corrected chi connectivity index (χ0v) is 15.7. The van der Waals surface area contributed by atoms with E-state index in [0.717, 1.165) is 5.56 Å². The molecule has 2 N–H and O–H groups in total. The molecule has 0 fully saturated rings. The van der Waals surface area contributed by atoms with Crippen LogP contribution in [0.25, 0.3) is 11.6 Å². The summed E-state index contributed by atoms with van der Waals surface area (Å²) in [5, 5.41) is 5.83. The molecule has 1 heterocycles. The second-order valence-corrected chi connectivity index (χ2v) is 6.31. The molecule has 1 aliphatic heterocycles. The summed E-state index contributed by atoms with van der Waals surface area (Å²) in [5.74, 6) is -1.38. The molecule has 2 amide bonds. The maximum Gasteiger partial charge on any atom is 0.330 e. The molecule has 0 unspecified atom stereocenters. The minimum absolute atomic E-state index is 0.169. The molecule has 2 aromatic rings. The zero-order valence-electron chi connectivity index (χ0n) is 15.0. The number of amides is 2. The van der Waals surface area contributed by atoms with E-state index in [1.807, 2.05) is 0 Å². The van der Waals surface area contributed by atoms with Crippen molar-refractivity contribution in [2.75, 3.05) is 11.9 Å². The molecule has 0 aromatic heterocycles. The standard InChI is InChI=1S/C21H17ClN2O4/c1-2-28-17(25)12-5-13-3-10-16(11-4-13)23-19-18(20(26)24-21(19)27)14-6-8-15(22)9-7-14/h3-12H,2H2,1H3,(H2,23,24,26,27). The number of rotatable bonds is 6. The van der Waals surface area contributed by atoms with E-state index < -0.39 is 17.8 Å². The second kappa shape index (κ2) is 8.54. The van der Waals surface area contributed by atoms with Gasteiger partial charge >= 0.3 is 5.97 Å². The van der Waals surface area contributed by atoms with E-state index in [4.69, 9.17) is 16.3 Å². The molecule has 28 heavy (non-hydrogen) atoms. The van der Waals surface area contributed by atoms with Gasteiger partial charge in [-0.25, -0.2) is 4.79 Å². The van der Waals surface area contributed by atoms with Crippen LogP contribution in [0, 0.1) is 0 Å². The van der Waals surface area contributed by atoms with E-state index >= 15 is 0 Å². The minimum atomic E-state index is -0.499. The van der Waals surface area contributed by atoms with Crippen molar-refractivity contribution in [3.8, 4) is 0 Å². The highest BCUT2D eigenvalue weighted by atomic mass is 35.5. The Morgan fingerprint density at radius 2 is 1.75 bits per heavy atom. The number of hydrogen-bond acceptors (Lipinski definition) is 5. The first-order valence-electron chi connectivity index (χ1n) is 8.55. The lowest BCUT2D eigenvalue weighted by atomic mass is 10.0. The molecule has 0 spiro atoms. The van der Waals surface area contributed by atoms with Crippen molar-refractivity contribution < 1.29 is 19.1 Å². The number of hydrogen-bond donors (Lipinski definition) is 2. The van der Waals surface area contributed by atoms with Gasteiger partial charge in [-0.1, -0.05) is 35.9 Å². The monoisotopic (exact) mass is 396 g/mol. The van der Waals surface area contributed by atoms with E-state index in [1.165, 1.54) is 6.08 Å². The summed E-state index contributed by atoms with van der Waals surface area (Å²) in [5.41, 5.74) is 2.43. The Labute approximate surface area is 166 Å². The number of nitrogens with one attached hydrogen (secondary N) is 2. The van der Waals surface area contributed by atoms with Crippen molar-refractivity contribution in [1.82, 2.24) is 5.32 Å². The third-order valence-corrected chi connectivity index (χ3v) is 4.19. The zero-order chi connectivity index (χ0) is 20.1. The fraction of sp³-hybridized carbons (Fsp3) is 0.0952. The first-order valence-corrected chi connectivity index (χ1v) is 8.93. The predicted molar refractivity (Wildman–Crippen MR) is 107 cm³/mol. The third-order valence-electron chi connectivity index (χ3n) is 3.94. The van der Waals surface area contributed by atoms with E-state index in [9.17, 15) is 14.4 Å². The number of ether oxygens (including phenoxy) is 1. The van der Waals surface area contributed by atoms with Gasteiger partial charge in [-0.15, -0.1) is 0 Å². The quantitative estimate of drug-likeness (QED) is 0.444. The molecule has 1 aliphatic rings. The maximum absolute atomic E-state index is 12.2. The van der Waals surface area contributed by atoms with Crippen molar-refractivity contribution in [2.45, 2.75) is 6.92 Å². The van der Waals surface area contributed by atoms with Crippen LogP contribution < -0.4 is 10.6 Å². The van der Waals surface area contributed by atoms with Crippen LogP contribution in [0.5, 0.6) is 0 Å². The van der Waals surface area contributed by atoms with Gasteiger partial charge in [-0.05, 0) is 48.4 Å². The summed E-state index contributed by atoms with van der Waals surface area (Å²) in [6.07, 6.45) is 2.97. The number of carbonyl (C=O) groups excluding carboxylic acids is 3. The molecule has 0 radical (unpaired) electrons. The maximum atomic E-state index is 12.2. The molecule has 6 nitrogen and oxygen atoms in total. The van der Waals surface area contributed by atoms with Crippen LogP contribution >= 0.6 is 11.6 Å². The smallest absolute Gasteiger partial charge is 0.330 e. The Morgan fingerprint density at radius 1 is 1.07 bits per heavy atom. The van der Waals surface area contributed by atoms with E-state index in [-0.39, 0.29) is 11.3 Å². The van der Waals surface area contributed by atoms with Crippen molar-refractivity contribution in [2.24, 2.45) is 0 Å². The van der Waals surface area contributed by atoms with Crippen molar-refractivity contribution in [1.29, 1.82) is 0 Å². The van der Waals surface area contributed by atoms with Crippen LogP contribution in [-0.2, 0) is 19.1 Å². The van der Waals surface area contributed by atoms with Crippen molar-refractivity contribution in [3.63, 3.8) is 0 Å². The Kier molecular flexibility index (Phi) is 5.91. The molecule has 142 valence electrons. The summed E-state index contributed by atoms with van der Waals surface area (Å²) < 4.78 is 4.83. The number of halogens is 1. The summed E-state index contributed by atoms with van der Waals surface area (Å²) >= 11 is 5.89. The molecule has 0 bridgehead atoms. The number of carbonyl (C=O) groups is 3. The first-order chi connectivity index (χ1) is 13.5. The molecule has 2 aromatic carbocycles. The van der Waals surface area contributed by atoms with Gasteiger partial charge < -0.3 is 10.1 Å². The van der Waals surface area contributed by atoms with Crippen molar-refractivity contribution >= 4 is 46.7 Å². The summed E-state index contributed by atoms with van der Waals surface area (Å²) in [6, 6.07) is 13.7. The topological polar surface area (TPSA) is 84.5 Å². The minimum Gasteiger partial charge on any atom is -0.463 e. The average Bonchev–Trinajstić information content (AvgIpc) is 2.95. The Bertz CT molecular complexity index is 976. The van der Waals surface area contributed by atoms with Gasteiger partial charge in [0.1, 0.15) is 5.70 Å². The van der Waals surface area contributed by atoms with Gasteiger partial charge in [0.25, 0.3) is 11.8 Å². The Balaban J connectivity index is 1.82. The Hall–Kier alpha value is -3.38. The lowest BCUT2D eigenvalue weighted by Gasteiger charge is -2.08. The molecule has 3 rings (SSSR count). The SMILES string of the molecule is CCOC(=O)C=Cc1ccc(NC2=C(c3ccc(Cl)cc3)C(=O)NC2=O)cc1. The number of anilines is 1. The number of benzene rings is 2. The highest BCUT2D eigenvalue weighted by Crippen LogP contribution is 2.26. The molecule has 0 atom stereocenters.